The molecule has 1 aromatic heterocycles. The first-order chi connectivity index (χ1) is 10.1. The summed E-state index contributed by atoms with van der Waals surface area (Å²) in [6.07, 6.45) is 0. The molecule has 0 aliphatic rings. The second kappa shape index (κ2) is 6.17. The molecule has 0 radical (unpaired) electrons. The average Bonchev–Trinajstić information content (AvgIpc) is 2.92. The standard InChI is InChI=1S/C14H16N4O3/c1-3-21-14(20)11-12(10-7-5-4-6-8-10)18(17-16-11)9(2)13(15)19/h4-9H,3H2,1-2H3,(H2,15,19). The Labute approximate surface area is 121 Å². The van der Waals surface area contributed by atoms with Gasteiger partial charge in [0.2, 0.25) is 5.91 Å². The van der Waals surface area contributed by atoms with Crippen LogP contribution >= 0.6 is 0 Å². The van der Waals surface area contributed by atoms with Gasteiger partial charge in [-0.1, -0.05) is 35.5 Å². The molecule has 0 aliphatic carbocycles. The fraction of sp³-hybridized carbons (Fsp3) is 0.286. The molecule has 1 aromatic carbocycles. The predicted molar refractivity (Wildman–Crippen MR) is 75.3 cm³/mol. The first kappa shape index (κ1) is 14.7. The lowest BCUT2D eigenvalue weighted by atomic mass is 10.1. The number of hydrogen-bond acceptors (Lipinski definition) is 5. The highest BCUT2D eigenvalue weighted by Gasteiger charge is 2.26. The monoisotopic (exact) mass is 288 g/mol. The maximum atomic E-state index is 12.0. The lowest BCUT2D eigenvalue weighted by Gasteiger charge is -2.12. The molecule has 2 N–H and O–H groups in total. The van der Waals surface area contributed by atoms with Crippen LogP contribution in [0.4, 0.5) is 0 Å². The maximum Gasteiger partial charge on any atom is 0.361 e. The number of primary amides is 1. The molecule has 1 atom stereocenters. The van der Waals surface area contributed by atoms with Crippen LogP contribution in [0.15, 0.2) is 30.3 Å². The van der Waals surface area contributed by atoms with Gasteiger partial charge in [0.1, 0.15) is 11.7 Å². The Kier molecular flexibility index (Phi) is 4.32. The highest BCUT2D eigenvalue weighted by Crippen LogP contribution is 2.25. The molecule has 7 heteroatoms. The van der Waals surface area contributed by atoms with Crippen molar-refractivity contribution in [2.24, 2.45) is 5.73 Å². The number of nitrogens with zero attached hydrogens (tertiary/aromatic N) is 3. The number of carbonyl (C=O) groups excluding carboxylic acids is 2. The summed E-state index contributed by atoms with van der Waals surface area (Å²) in [4.78, 5) is 23.4. The van der Waals surface area contributed by atoms with Crippen LogP contribution in [-0.2, 0) is 9.53 Å². The zero-order chi connectivity index (χ0) is 15.4. The van der Waals surface area contributed by atoms with Gasteiger partial charge in [0.25, 0.3) is 0 Å². The van der Waals surface area contributed by atoms with Gasteiger partial charge in [-0.3, -0.25) is 4.79 Å². The molecule has 1 heterocycles. The zero-order valence-electron chi connectivity index (χ0n) is 11.8. The Morgan fingerprint density at radius 1 is 1.33 bits per heavy atom. The van der Waals surface area contributed by atoms with Crippen molar-refractivity contribution in [3.63, 3.8) is 0 Å². The van der Waals surface area contributed by atoms with Gasteiger partial charge in [-0.15, -0.1) is 5.10 Å². The molecule has 2 aromatic rings. The topological polar surface area (TPSA) is 100 Å². The molecule has 21 heavy (non-hydrogen) atoms. The molecule has 0 saturated carbocycles. The van der Waals surface area contributed by atoms with E-state index in [0.717, 1.165) is 0 Å². The molecule has 7 nitrogen and oxygen atoms in total. The lowest BCUT2D eigenvalue weighted by molar-refractivity contribution is -0.120. The van der Waals surface area contributed by atoms with Crippen LogP contribution < -0.4 is 5.73 Å². The van der Waals surface area contributed by atoms with Crippen molar-refractivity contribution in [2.75, 3.05) is 6.61 Å². The van der Waals surface area contributed by atoms with Crippen LogP contribution in [-0.4, -0.2) is 33.5 Å². The van der Waals surface area contributed by atoms with Gasteiger partial charge >= 0.3 is 5.97 Å². The van der Waals surface area contributed by atoms with Crippen molar-refractivity contribution >= 4 is 11.9 Å². The summed E-state index contributed by atoms with van der Waals surface area (Å²) in [6, 6.07) is 8.35. The van der Waals surface area contributed by atoms with E-state index in [0.29, 0.717) is 11.3 Å². The van der Waals surface area contributed by atoms with E-state index in [9.17, 15) is 9.59 Å². The number of aromatic nitrogens is 3. The number of benzene rings is 1. The van der Waals surface area contributed by atoms with Crippen LogP contribution in [0.25, 0.3) is 11.3 Å². The van der Waals surface area contributed by atoms with Crippen molar-refractivity contribution in [3.05, 3.63) is 36.0 Å². The molecule has 110 valence electrons. The summed E-state index contributed by atoms with van der Waals surface area (Å²) < 4.78 is 6.31. The first-order valence-electron chi connectivity index (χ1n) is 6.53. The minimum Gasteiger partial charge on any atom is -0.461 e. The van der Waals surface area contributed by atoms with Gasteiger partial charge in [-0.05, 0) is 13.8 Å². The number of amides is 1. The van der Waals surface area contributed by atoms with E-state index in [-0.39, 0.29) is 12.3 Å². The molecule has 1 amide bonds. The second-order valence-corrected chi connectivity index (χ2v) is 4.40. The van der Waals surface area contributed by atoms with Gasteiger partial charge in [-0.25, -0.2) is 9.48 Å². The molecule has 1 unspecified atom stereocenters. The van der Waals surface area contributed by atoms with Crippen LogP contribution in [0, 0.1) is 0 Å². The molecular formula is C14H16N4O3. The van der Waals surface area contributed by atoms with Crippen LogP contribution in [0.5, 0.6) is 0 Å². The van der Waals surface area contributed by atoms with Gasteiger partial charge < -0.3 is 10.5 Å². The largest absolute Gasteiger partial charge is 0.461 e. The molecular weight excluding hydrogens is 272 g/mol. The van der Waals surface area contributed by atoms with Crippen LogP contribution in [0.2, 0.25) is 0 Å². The van der Waals surface area contributed by atoms with E-state index in [1.54, 1.807) is 26.0 Å². The van der Waals surface area contributed by atoms with Crippen LogP contribution in [0.1, 0.15) is 30.4 Å². The fourth-order valence-electron chi connectivity index (χ4n) is 1.89. The van der Waals surface area contributed by atoms with Gasteiger partial charge in [0, 0.05) is 5.56 Å². The second-order valence-electron chi connectivity index (χ2n) is 4.40. The molecule has 0 fully saturated rings. The van der Waals surface area contributed by atoms with Crippen molar-refractivity contribution < 1.29 is 14.3 Å². The summed E-state index contributed by atoms with van der Waals surface area (Å²) >= 11 is 0. The number of esters is 1. The third-order valence-electron chi connectivity index (χ3n) is 2.99. The molecule has 0 bridgehead atoms. The Balaban J connectivity index is 2.58. The van der Waals surface area contributed by atoms with Crippen LogP contribution in [0.3, 0.4) is 0 Å². The highest BCUT2D eigenvalue weighted by molar-refractivity contribution is 5.94. The van der Waals surface area contributed by atoms with E-state index < -0.39 is 17.9 Å². The van der Waals surface area contributed by atoms with E-state index in [1.165, 1.54) is 4.68 Å². The number of carbonyl (C=O) groups is 2. The Morgan fingerprint density at radius 2 is 2.00 bits per heavy atom. The summed E-state index contributed by atoms with van der Waals surface area (Å²) in [6.45, 7) is 3.53. The van der Waals surface area contributed by atoms with Crippen molar-refractivity contribution in [2.45, 2.75) is 19.9 Å². The van der Waals surface area contributed by atoms with E-state index in [4.69, 9.17) is 10.5 Å². The average molecular weight is 288 g/mol. The van der Waals surface area contributed by atoms with E-state index in [1.807, 2.05) is 18.2 Å². The van der Waals surface area contributed by atoms with E-state index in [2.05, 4.69) is 10.3 Å². The minimum atomic E-state index is -0.726. The molecule has 2 rings (SSSR count). The normalized spacial score (nSPS) is 11.9. The SMILES string of the molecule is CCOC(=O)c1nnn(C(C)C(N)=O)c1-c1ccccc1. The maximum absolute atomic E-state index is 12.0. The number of hydrogen-bond donors (Lipinski definition) is 1. The lowest BCUT2D eigenvalue weighted by Crippen LogP contribution is -2.25. The summed E-state index contributed by atoms with van der Waals surface area (Å²) in [5, 5.41) is 7.73. The number of nitrogens with two attached hydrogens (primary N) is 1. The summed E-state index contributed by atoms with van der Waals surface area (Å²) in [5.41, 5.74) is 6.51. The van der Waals surface area contributed by atoms with Crippen molar-refractivity contribution in [1.82, 2.24) is 15.0 Å². The first-order valence-corrected chi connectivity index (χ1v) is 6.53. The Morgan fingerprint density at radius 3 is 2.57 bits per heavy atom. The zero-order valence-corrected chi connectivity index (χ0v) is 11.8. The summed E-state index contributed by atoms with van der Waals surface area (Å²) in [7, 11) is 0. The van der Waals surface area contributed by atoms with Gasteiger partial charge in [0.05, 0.1) is 6.61 Å². The minimum absolute atomic E-state index is 0.0659. The quantitative estimate of drug-likeness (QED) is 0.832. The Bertz CT molecular complexity index is 651. The molecule has 0 aliphatic heterocycles. The van der Waals surface area contributed by atoms with Gasteiger partial charge in [-0.2, -0.15) is 0 Å². The molecule has 0 saturated heterocycles. The third-order valence-corrected chi connectivity index (χ3v) is 2.99. The van der Waals surface area contributed by atoms with Crippen molar-refractivity contribution in [3.8, 4) is 11.3 Å². The Hall–Kier alpha value is -2.70. The van der Waals surface area contributed by atoms with Crippen molar-refractivity contribution in [1.29, 1.82) is 0 Å². The smallest absolute Gasteiger partial charge is 0.361 e. The fourth-order valence-corrected chi connectivity index (χ4v) is 1.89. The highest BCUT2D eigenvalue weighted by atomic mass is 16.5. The predicted octanol–water partition coefficient (Wildman–Crippen LogP) is 1.17. The third kappa shape index (κ3) is 2.91. The van der Waals surface area contributed by atoms with E-state index >= 15 is 0 Å². The van der Waals surface area contributed by atoms with Gasteiger partial charge in [0.15, 0.2) is 5.69 Å². The number of rotatable bonds is 5. The summed E-state index contributed by atoms with van der Waals surface area (Å²) in [5.74, 6) is -1.15. The number of ether oxygens (including phenoxy) is 1. The molecule has 0 spiro atoms.